The standard InChI is InChI=1S/C19H19N3O3/c1-22(12-15-13-24-16-5-2-3-6-17(16)25-15)11-14-9-20-19(21-10-14)18-7-4-8-23-18/h2-10,15H,11-13H2,1H3/t15-/m0/s1. The third-order valence-corrected chi connectivity index (χ3v) is 3.98. The van der Waals surface area contributed by atoms with Gasteiger partial charge in [0, 0.05) is 31.0 Å². The van der Waals surface area contributed by atoms with Crippen LogP contribution in [-0.4, -0.2) is 41.2 Å². The predicted octanol–water partition coefficient (Wildman–Crippen LogP) is 3.01. The number of hydrogen-bond acceptors (Lipinski definition) is 6. The Morgan fingerprint density at radius 2 is 1.88 bits per heavy atom. The van der Waals surface area contributed by atoms with Crippen molar-refractivity contribution in [3.63, 3.8) is 0 Å². The highest BCUT2D eigenvalue weighted by Gasteiger charge is 2.22. The van der Waals surface area contributed by atoms with Gasteiger partial charge in [-0.3, -0.25) is 4.90 Å². The second-order valence-corrected chi connectivity index (χ2v) is 6.09. The molecule has 3 heterocycles. The molecule has 2 aromatic heterocycles. The van der Waals surface area contributed by atoms with E-state index in [-0.39, 0.29) is 6.10 Å². The monoisotopic (exact) mass is 337 g/mol. The summed E-state index contributed by atoms with van der Waals surface area (Å²) in [4.78, 5) is 10.9. The summed E-state index contributed by atoms with van der Waals surface area (Å²) in [7, 11) is 2.05. The van der Waals surface area contributed by atoms with Gasteiger partial charge in [0.2, 0.25) is 0 Å². The Hall–Kier alpha value is -2.86. The number of hydrogen-bond donors (Lipinski definition) is 0. The van der Waals surface area contributed by atoms with Gasteiger partial charge in [-0.2, -0.15) is 0 Å². The van der Waals surface area contributed by atoms with Crippen LogP contribution in [0.1, 0.15) is 5.56 Å². The number of aromatic nitrogens is 2. The molecule has 0 spiro atoms. The van der Waals surface area contributed by atoms with Crippen molar-refractivity contribution >= 4 is 0 Å². The maximum absolute atomic E-state index is 6.00. The van der Waals surface area contributed by atoms with Crippen LogP contribution in [0.4, 0.5) is 0 Å². The Labute approximate surface area is 146 Å². The van der Waals surface area contributed by atoms with Gasteiger partial charge in [-0.15, -0.1) is 0 Å². The van der Waals surface area contributed by atoms with Crippen molar-refractivity contribution in [2.75, 3.05) is 20.2 Å². The number of furan rings is 1. The van der Waals surface area contributed by atoms with Gasteiger partial charge in [-0.25, -0.2) is 9.97 Å². The molecule has 0 aliphatic carbocycles. The molecule has 3 aromatic rings. The number of nitrogens with zero attached hydrogens (tertiary/aromatic N) is 3. The minimum atomic E-state index is 0.00297. The molecule has 1 atom stereocenters. The second kappa shape index (κ2) is 6.94. The topological polar surface area (TPSA) is 60.6 Å². The molecular formula is C19H19N3O3. The lowest BCUT2D eigenvalue weighted by molar-refractivity contribution is 0.0637. The summed E-state index contributed by atoms with van der Waals surface area (Å²) in [6.07, 6.45) is 5.28. The van der Waals surface area contributed by atoms with Gasteiger partial charge < -0.3 is 13.9 Å². The van der Waals surface area contributed by atoms with E-state index in [0.29, 0.717) is 18.2 Å². The van der Waals surface area contributed by atoms with Gasteiger partial charge in [-0.1, -0.05) is 12.1 Å². The van der Waals surface area contributed by atoms with Crippen LogP contribution in [0.5, 0.6) is 11.5 Å². The predicted molar refractivity (Wildman–Crippen MR) is 92.4 cm³/mol. The summed E-state index contributed by atoms with van der Waals surface area (Å²) in [5, 5.41) is 0. The average molecular weight is 337 g/mol. The molecule has 25 heavy (non-hydrogen) atoms. The third kappa shape index (κ3) is 3.64. The number of para-hydroxylation sites is 2. The number of rotatable bonds is 5. The number of fused-ring (bicyclic) bond motifs is 1. The van der Waals surface area contributed by atoms with Crippen LogP contribution >= 0.6 is 0 Å². The first-order valence-electron chi connectivity index (χ1n) is 8.20. The fourth-order valence-corrected chi connectivity index (χ4v) is 2.85. The van der Waals surface area contributed by atoms with Crippen LogP contribution in [-0.2, 0) is 6.54 Å². The minimum absolute atomic E-state index is 0.00297. The fourth-order valence-electron chi connectivity index (χ4n) is 2.85. The molecule has 128 valence electrons. The molecule has 1 aliphatic heterocycles. The maximum Gasteiger partial charge on any atom is 0.195 e. The SMILES string of the molecule is CN(Cc1cnc(-c2ccco2)nc1)C[C@H]1COc2ccccc2O1. The number of ether oxygens (including phenoxy) is 2. The zero-order valence-corrected chi connectivity index (χ0v) is 14.0. The Balaban J connectivity index is 1.34. The van der Waals surface area contributed by atoms with E-state index in [1.807, 2.05) is 55.8 Å². The van der Waals surface area contributed by atoms with E-state index in [2.05, 4.69) is 14.9 Å². The third-order valence-electron chi connectivity index (χ3n) is 3.98. The van der Waals surface area contributed by atoms with Gasteiger partial charge in [-0.05, 0) is 31.3 Å². The first-order valence-corrected chi connectivity index (χ1v) is 8.20. The molecule has 6 heteroatoms. The lowest BCUT2D eigenvalue weighted by Crippen LogP contribution is -2.39. The summed E-state index contributed by atoms with van der Waals surface area (Å²) in [5.41, 5.74) is 1.04. The zero-order chi connectivity index (χ0) is 17.1. The molecule has 6 nitrogen and oxygen atoms in total. The Kier molecular flexibility index (Phi) is 4.35. The normalized spacial score (nSPS) is 16.2. The molecule has 1 aliphatic rings. The van der Waals surface area contributed by atoms with Crippen molar-refractivity contribution in [3.05, 3.63) is 60.6 Å². The highest BCUT2D eigenvalue weighted by Crippen LogP contribution is 2.31. The molecule has 0 saturated heterocycles. The van der Waals surface area contributed by atoms with Crippen LogP contribution in [0.15, 0.2) is 59.5 Å². The van der Waals surface area contributed by atoms with E-state index in [9.17, 15) is 0 Å². The van der Waals surface area contributed by atoms with Crippen molar-refractivity contribution in [2.45, 2.75) is 12.6 Å². The summed E-state index contributed by atoms with van der Waals surface area (Å²) < 4.78 is 17.1. The molecule has 0 radical (unpaired) electrons. The van der Waals surface area contributed by atoms with Gasteiger partial charge in [0.25, 0.3) is 0 Å². The van der Waals surface area contributed by atoms with Crippen LogP contribution < -0.4 is 9.47 Å². The van der Waals surface area contributed by atoms with Gasteiger partial charge in [0.15, 0.2) is 23.1 Å². The van der Waals surface area contributed by atoms with Gasteiger partial charge in [0.1, 0.15) is 12.7 Å². The van der Waals surface area contributed by atoms with Crippen molar-refractivity contribution < 1.29 is 13.9 Å². The maximum atomic E-state index is 6.00. The quantitative estimate of drug-likeness (QED) is 0.713. The zero-order valence-electron chi connectivity index (χ0n) is 14.0. The molecular weight excluding hydrogens is 318 g/mol. The fraction of sp³-hybridized carbons (Fsp3) is 0.263. The van der Waals surface area contributed by atoms with Crippen molar-refractivity contribution in [2.24, 2.45) is 0 Å². The van der Waals surface area contributed by atoms with Crippen molar-refractivity contribution in [3.8, 4) is 23.1 Å². The largest absolute Gasteiger partial charge is 0.486 e. The highest BCUT2D eigenvalue weighted by molar-refractivity contribution is 5.45. The molecule has 0 saturated carbocycles. The van der Waals surface area contributed by atoms with E-state index in [4.69, 9.17) is 13.9 Å². The Morgan fingerprint density at radius 3 is 2.64 bits per heavy atom. The second-order valence-electron chi connectivity index (χ2n) is 6.09. The Morgan fingerprint density at radius 1 is 1.08 bits per heavy atom. The average Bonchev–Trinajstić information content (AvgIpc) is 3.17. The molecule has 0 amide bonds. The summed E-state index contributed by atoms with van der Waals surface area (Å²) >= 11 is 0. The van der Waals surface area contributed by atoms with Crippen LogP contribution in [0, 0.1) is 0 Å². The summed E-state index contributed by atoms with van der Waals surface area (Å²) in [6.45, 7) is 2.05. The Bertz CT molecular complexity index is 818. The summed E-state index contributed by atoms with van der Waals surface area (Å²) in [5.74, 6) is 2.88. The van der Waals surface area contributed by atoms with Crippen molar-refractivity contribution in [1.29, 1.82) is 0 Å². The molecule has 1 aromatic carbocycles. The molecule has 0 fully saturated rings. The molecule has 0 N–H and O–H groups in total. The van der Waals surface area contributed by atoms with Gasteiger partial charge >= 0.3 is 0 Å². The lowest BCUT2D eigenvalue weighted by atomic mass is 10.2. The van der Waals surface area contributed by atoms with E-state index >= 15 is 0 Å². The van der Waals surface area contributed by atoms with E-state index in [1.165, 1.54) is 0 Å². The highest BCUT2D eigenvalue weighted by atomic mass is 16.6. The lowest BCUT2D eigenvalue weighted by Gasteiger charge is -2.29. The van der Waals surface area contributed by atoms with E-state index in [0.717, 1.165) is 30.2 Å². The van der Waals surface area contributed by atoms with E-state index in [1.54, 1.807) is 6.26 Å². The van der Waals surface area contributed by atoms with Gasteiger partial charge in [0.05, 0.1) is 6.26 Å². The van der Waals surface area contributed by atoms with Crippen LogP contribution in [0.3, 0.4) is 0 Å². The van der Waals surface area contributed by atoms with E-state index < -0.39 is 0 Å². The molecule has 0 unspecified atom stereocenters. The summed E-state index contributed by atoms with van der Waals surface area (Å²) in [6, 6.07) is 11.4. The van der Waals surface area contributed by atoms with Crippen LogP contribution in [0.2, 0.25) is 0 Å². The first kappa shape index (κ1) is 15.7. The molecule has 4 rings (SSSR count). The number of benzene rings is 1. The minimum Gasteiger partial charge on any atom is -0.486 e. The van der Waals surface area contributed by atoms with Crippen LogP contribution in [0.25, 0.3) is 11.6 Å². The van der Waals surface area contributed by atoms with Crippen molar-refractivity contribution in [1.82, 2.24) is 14.9 Å². The smallest absolute Gasteiger partial charge is 0.195 e. The first-order chi connectivity index (χ1) is 12.3. The molecule has 0 bridgehead atoms. The number of likely N-dealkylation sites (N-methyl/N-ethyl adjacent to an activating group) is 1.